The van der Waals surface area contributed by atoms with Crippen LogP contribution in [-0.4, -0.2) is 20.3 Å². The Labute approximate surface area is 125 Å². The Morgan fingerprint density at radius 1 is 1.10 bits per heavy atom. The summed E-state index contributed by atoms with van der Waals surface area (Å²) >= 11 is 0. The lowest BCUT2D eigenvalue weighted by Crippen LogP contribution is -2.41. The third-order valence-corrected chi connectivity index (χ3v) is 4.55. The molecule has 5 heteroatoms. The summed E-state index contributed by atoms with van der Waals surface area (Å²) in [5, 5.41) is 5.95. The summed E-state index contributed by atoms with van der Waals surface area (Å²) in [4.78, 5) is 11.9. The van der Waals surface area contributed by atoms with Gasteiger partial charge in [0.05, 0.1) is 25.9 Å². The second kappa shape index (κ2) is 5.84. The van der Waals surface area contributed by atoms with Crippen LogP contribution < -0.4 is 20.1 Å². The molecule has 1 fully saturated rings. The third-order valence-electron chi connectivity index (χ3n) is 4.55. The van der Waals surface area contributed by atoms with Crippen LogP contribution in [0.1, 0.15) is 43.7 Å². The lowest BCUT2D eigenvalue weighted by Gasteiger charge is -2.36. The standard InChI is InChI=1S/C16H22N2O3/c1-20-12-9-8-11-13(15(12)21-2)14(18-16(19)17-11)10-6-4-3-5-7-10/h8-10,14H,3-7H2,1-2H3,(H2,17,18,19). The molecule has 0 spiro atoms. The molecule has 2 N–H and O–H groups in total. The number of methoxy groups -OCH3 is 2. The van der Waals surface area contributed by atoms with Gasteiger partial charge in [-0.2, -0.15) is 0 Å². The van der Waals surface area contributed by atoms with E-state index < -0.39 is 0 Å². The Morgan fingerprint density at radius 3 is 2.52 bits per heavy atom. The van der Waals surface area contributed by atoms with Crippen molar-refractivity contribution in [3.05, 3.63) is 17.7 Å². The molecule has 0 bridgehead atoms. The van der Waals surface area contributed by atoms with E-state index in [0.29, 0.717) is 11.7 Å². The zero-order chi connectivity index (χ0) is 14.8. The largest absolute Gasteiger partial charge is 0.493 e. The second-order valence-corrected chi connectivity index (χ2v) is 5.74. The van der Waals surface area contributed by atoms with Crippen LogP contribution in [0, 0.1) is 5.92 Å². The number of hydrogen-bond donors (Lipinski definition) is 2. The van der Waals surface area contributed by atoms with E-state index in [1.807, 2.05) is 12.1 Å². The molecular weight excluding hydrogens is 268 g/mol. The average Bonchev–Trinajstić information content (AvgIpc) is 2.53. The fourth-order valence-corrected chi connectivity index (χ4v) is 3.56. The molecule has 1 heterocycles. The number of benzene rings is 1. The Bertz CT molecular complexity index is 539. The Kier molecular flexibility index (Phi) is 3.90. The van der Waals surface area contributed by atoms with E-state index >= 15 is 0 Å². The predicted molar refractivity (Wildman–Crippen MR) is 81.0 cm³/mol. The van der Waals surface area contributed by atoms with E-state index in [-0.39, 0.29) is 12.1 Å². The first kappa shape index (κ1) is 14.0. The monoisotopic (exact) mass is 290 g/mol. The highest BCUT2D eigenvalue weighted by Gasteiger charge is 2.35. The number of carbonyl (C=O) groups excluding carboxylic acids is 1. The van der Waals surface area contributed by atoms with Crippen molar-refractivity contribution in [3.8, 4) is 11.5 Å². The normalized spacial score (nSPS) is 22.0. The maximum absolute atomic E-state index is 11.9. The van der Waals surface area contributed by atoms with Crippen molar-refractivity contribution in [2.75, 3.05) is 19.5 Å². The number of urea groups is 1. The van der Waals surface area contributed by atoms with E-state index in [0.717, 1.165) is 29.8 Å². The fraction of sp³-hybridized carbons (Fsp3) is 0.562. The van der Waals surface area contributed by atoms with Crippen LogP contribution in [0.25, 0.3) is 0 Å². The van der Waals surface area contributed by atoms with Crippen molar-refractivity contribution in [2.24, 2.45) is 5.92 Å². The summed E-state index contributed by atoms with van der Waals surface area (Å²) < 4.78 is 11.0. The molecular formula is C16H22N2O3. The molecule has 1 atom stereocenters. The van der Waals surface area contributed by atoms with Gasteiger partial charge in [0.15, 0.2) is 11.5 Å². The first-order valence-electron chi connectivity index (χ1n) is 7.57. The van der Waals surface area contributed by atoms with Crippen molar-refractivity contribution >= 4 is 11.7 Å². The second-order valence-electron chi connectivity index (χ2n) is 5.74. The van der Waals surface area contributed by atoms with Crippen LogP contribution in [0.15, 0.2) is 12.1 Å². The van der Waals surface area contributed by atoms with Crippen molar-refractivity contribution in [3.63, 3.8) is 0 Å². The highest BCUT2D eigenvalue weighted by atomic mass is 16.5. The van der Waals surface area contributed by atoms with Gasteiger partial charge in [0.1, 0.15) is 0 Å². The number of amides is 2. The van der Waals surface area contributed by atoms with Crippen molar-refractivity contribution < 1.29 is 14.3 Å². The first-order chi connectivity index (χ1) is 10.2. The minimum absolute atomic E-state index is 0.000833. The molecule has 1 saturated carbocycles. The van der Waals surface area contributed by atoms with E-state index in [1.54, 1.807) is 14.2 Å². The molecule has 1 unspecified atom stereocenters. The van der Waals surface area contributed by atoms with Gasteiger partial charge in [0.25, 0.3) is 0 Å². The zero-order valence-corrected chi connectivity index (χ0v) is 12.6. The van der Waals surface area contributed by atoms with Gasteiger partial charge < -0.3 is 20.1 Å². The molecule has 1 aliphatic heterocycles. The lowest BCUT2D eigenvalue weighted by atomic mass is 9.79. The highest BCUT2D eigenvalue weighted by molar-refractivity contribution is 5.94. The number of hydrogen-bond acceptors (Lipinski definition) is 3. The topological polar surface area (TPSA) is 59.6 Å². The van der Waals surface area contributed by atoms with Gasteiger partial charge in [-0.05, 0) is 30.9 Å². The van der Waals surface area contributed by atoms with E-state index in [4.69, 9.17) is 9.47 Å². The van der Waals surface area contributed by atoms with Crippen LogP contribution in [0.3, 0.4) is 0 Å². The number of ether oxygens (including phenoxy) is 2. The maximum Gasteiger partial charge on any atom is 0.319 e. The molecule has 2 amide bonds. The number of rotatable bonds is 3. The molecule has 1 aromatic carbocycles. The summed E-state index contributed by atoms with van der Waals surface area (Å²) in [5.41, 5.74) is 1.84. The molecule has 1 aliphatic carbocycles. The average molecular weight is 290 g/mol. The molecule has 21 heavy (non-hydrogen) atoms. The summed E-state index contributed by atoms with van der Waals surface area (Å²) in [5.74, 6) is 1.89. The van der Waals surface area contributed by atoms with Crippen molar-refractivity contribution in [2.45, 2.75) is 38.1 Å². The highest BCUT2D eigenvalue weighted by Crippen LogP contribution is 2.46. The van der Waals surface area contributed by atoms with Gasteiger partial charge in [-0.1, -0.05) is 19.3 Å². The molecule has 0 saturated heterocycles. The number of carbonyl (C=O) groups is 1. The van der Waals surface area contributed by atoms with Gasteiger partial charge in [-0.3, -0.25) is 0 Å². The van der Waals surface area contributed by atoms with Crippen LogP contribution in [0.5, 0.6) is 11.5 Å². The predicted octanol–water partition coefficient (Wildman–Crippen LogP) is 3.46. The van der Waals surface area contributed by atoms with Crippen LogP contribution in [0.4, 0.5) is 10.5 Å². The van der Waals surface area contributed by atoms with Gasteiger partial charge in [0, 0.05) is 5.56 Å². The SMILES string of the molecule is COc1ccc2c(c1OC)C(C1CCCCC1)NC(=O)N2. The Morgan fingerprint density at radius 2 is 1.86 bits per heavy atom. The van der Waals surface area contributed by atoms with E-state index in [2.05, 4.69) is 10.6 Å². The Balaban J connectivity index is 2.05. The van der Waals surface area contributed by atoms with E-state index in [9.17, 15) is 4.79 Å². The van der Waals surface area contributed by atoms with Crippen LogP contribution in [-0.2, 0) is 0 Å². The first-order valence-corrected chi connectivity index (χ1v) is 7.57. The molecule has 2 aliphatic rings. The summed E-state index contributed by atoms with van der Waals surface area (Å²) in [6.07, 6.45) is 6.03. The van der Waals surface area contributed by atoms with Crippen LogP contribution >= 0.6 is 0 Å². The number of anilines is 1. The van der Waals surface area contributed by atoms with Gasteiger partial charge in [0.2, 0.25) is 0 Å². The van der Waals surface area contributed by atoms with E-state index in [1.165, 1.54) is 19.3 Å². The van der Waals surface area contributed by atoms with Gasteiger partial charge in [-0.15, -0.1) is 0 Å². The Hall–Kier alpha value is -1.91. The summed E-state index contributed by atoms with van der Waals surface area (Å²) in [6, 6.07) is 3.59. The van der Waals surface area contributed by atoms with Crippen molar-refractivity contribution in [1.29, 1.82) is 0 Å². The smallest absolute Gasteiger partial charge is 0.319 e. The molecule has 0 aromatic heterocycles. The summed E-state index contributed by atoms with van der Waals surface area (Å²) in [7, 11) is 3.28. The minimum atomic E-state index is -0.134. The quantitative estimate of drug-likeness (QED) is 0.896. The lowest BCUT2D eigenvalue weighted by molar-refractivity contribution is 0.227. The number of fused-ring (bicyclic) bond motifs is 1. The minimum Gasteiger partial charge on any atom is -0.493 e. The maximum atomic E-state index is 11.9. The molecule has 1 aromatic rings. The third kappa shape index (κ3) is 2.52. The molecule has 0 radical (unpaired) electrons. The zero-order valence-electron chi connectivity index (χ0n) is 12.6. The number of nitrogens with one attached hydrogen (secondary N) is 2. The molecule has 114 valence electrons. The molecule has 3 rings (SSSR count). The van der Waals surface area contributed by atoms with Crippen LogP contribution in [0.2, 0.25) is 0 Å². The van der Waals surface area contributed by atoms with Gasteiger partial charge in [-0.25, -0.2) is 4.79 Å². The molecule has 5 nitrogen and oxygen atoms in total. The van der Waals surface area contributed by atoms with Gasteiger partial charge >= 0.3 is 6.03 Å². The fourth-order valence-electron chi connectivity index (χ4n) is 3.56. The summed E-state index contributed by atoms with van der Waals surface area (Å²) in [6.45, 7) is 0. The van der Waals surface area contributed by atoms with Crippen molar-refractivity contribution in [1.82, 2.24) is 5.32 Å².